The molecule has 0 spiro atoms. The standard InChI is InChI=1S/C33H30FNO8S/c1-33(2,32(38)42-4)30-27(29(36)26-18-21(34)12-17-28(26)43-30)19-35(44(39,40)23-15-13-22(41-3)14-16-23)31(37)25-11-7-9-20-8-5-6-10-24(20)25/h6-7,9-19,30H,5,8H2,1-4H3/b27-19+. The zero-order valence-electron chi connectivity index (χ0n) is 24.5. The number of methoxy groups -OCH3 is 2. The Labute approximate surface area is 254 Å². The van der Waals surface area contributed by atoms with Gasteiger partial charge in [-0.05, 0) is 86.3 Å². The molecule has 1 atom stereocenters. The number of Topliss-reactive ketones (excluding diaryl/α,β-unsaturated/α-hetero) is 1. The molecule has 9 nitrogen and oxygen atoms in total. The Bertz CT molecular complexity index is 1830. The van der Waals surface area contributed by atoms with E-state index in [-0.39, 0.29) is 27.3 Å². The van der Waals surface area contributed by atoms with Gasteiger partial charge in [0.2, 0.25) is 0 Å². The first-order valence-electron chi connectivity index (χ1n) is 13.7. The zero-order chi connectivity index (χ0) is 31.8. The van der Waals surface area contributed by atoms with Crippen LogP contribution in [0.3, 0.4) is 0 Å². The highest BCUT2D eigenvalue weighted by atomic mass is 32.2. The molecular weight excluding hydrogens is 589 g/mol. The third-order valence-electron chi connectivity index (χ3n) is 7.71. The van der Waals surface area contributed by atoms with Gasteiger partial charge in [0.15, 0.2) is 5.78 Å². The average Bonchev–Trinajstić information content (AvgIpc) is 3.03. The van der Waals surface area contributed by atoms with E-state index >= 15 is 0 Å². The Hall–Kier alpha value is -4.77. The van der Waals surface area contributed by atoms with E-state index in [9.17, 15) is 27.2 Å². The number of carbonyl (C=O) groups is 3. The highest BCUT2D eigenvalue weighted by Gasteiger charge is 2.48. The smallest absolute Gasteiger partial charge is 0.315 e. The number of hydrogen-bond donors (Lipinski definition) is 0. The van der Waals surface area contributed by atoms with E-state index in [1.165, 1.54) is 57.4 Å². The van der Waals surface area contributed by atoms with Crippen molar-refractivity contribution in [3.05, 3.63) is 107 Å². The van der Waals surface area contributed by atoms with Gasteiger partial charge >= 0.3 is 5.97 Å². The van der Waals surface area contributed by atoms with Crippen LogP contribution in [0.2, 0.25) is 0 Å². The van der Waals surface area contributed by atoms with Crippen molar-refractivity contribution in [1.29, 1.82) is 0 Å². The van der Waals surface area contributed by atoms with Crippen LogP contribution in [0.1, 0.15) is 52.1 Å². The molecule has 3 aromatic carbocycles. The predicted octanol–water partition coefficient (Wildman–Crippen LogP) is 5.35. The number of ketones is 1. The molecule has 1 unspecified atom stereocenters. The molecule has 228 valence electrons. The fraction of sp³-hybridized carbons (Fsp3) is 0.242. The van der Waals surface area contributed by atoms with Crippen molar-refractivity contribution < 1.29 is 41.4 Å². The Kier molecular flexibility index (Phi) is 8.17. The van der Waals surface area contributed by atoms with Crippen LogP contribution in [0.4, 0.5) is 4.39 Å². The van der Waals surface area contributed by atoms with Gasteiger partial charge in [-0.15, -0.1) is 0 Å². The van der Waals surface area contributed by atoms with Crippen LogP contribution in [-0.4, -0.2) is 50.7 Å². The molecule has 1 heterocycles. The minimum Gasteiger partial charge on any atom is -0.497 e. The SMILES string of the molecule is COC(=O)C(C)(C)C1Oc2ccc(F)cc2C(=O)/C1=C\N(C(=O)c1cccc2c1C=CCC2)S(=O)(=O)c1ccc(OC)cc1. The van der Waals surface area contributed by atoms with E-state index < -0.39 is 45.0 Å². The number of benzene rings is 3. The number of rotatable bonds is 7. The minimum atomic E-state index is -4.67. The fourth-order valence-corrected chi connectivity index (χ4v) is 6.55. The van der Waals surface area contributed by atoms with Crippen molar-refractivity contribution >= 4 is 33.8 Å². The number of halogens is 1. The first-order valence-corrected chi connectivity index (χ1v) is 15.2. The quantitative estimate of drug-likeness (QED) is 0.257. The van der Waals surface area contributed by atoms with Crippen LogP contribution in [0, 0.1) is 11.2 Å². The number of ether oxygens (including phenoxy) is 3. The van der Waals surface area contributed by atoms with E-state index in [0.717, 1.165) is 37.4 Å². The van der Waals surface area contributed by atoms with Crippen molar-refractivity contribution in [3.63, 3.8) is 0 Å². The molecule has 0 radical (unpaired) electrons. The van der Waals surface area contributed by atoms with E-state index in [0.29, 0.717) is 22.0 Å². The molecule has 5 rings (SSSR count). The van der Waals surface area contributed by atoms with Gasteiger partial charge in [0.25, 0.3) is 15.9 Å². The maximum atomic E-state index is 14.3. The monoisotopic (exact) mass is 619 g/mol. The molecule has 0 N–H and O–H groups in total. The van der Waals surface area contributed by atoms with Gasteiger partial charge in [-0.3, -0.25) is 14.4 Å². The predicted molar refractivity (Wildman–Crippen MR) is 159 cm³/mol. The summed E-state index contributed by atoms with van der Waals surface area (Å²) in [5.41, 5.74) is -0.588. The lowest BCUT2D eigenvalue weighted by molar-refractivity contribution is -0.155. The number of nitrogens with zero attached hydrogens (tertiary/aromatic N) is 1. The summed E-state index contributed by atoms with van der Waals surface area (Å²) in [4.78, 5) is 41.0. The van der Waals surface area contributed by atoms with Gasteiger partial charge < -0.3 is 14.2 Å². The number of fused-ring (bicyclic) bond motifs is 2. The molecule has 3 aromatic rings. The molecule has 0 fully saturated rings. The van der Waals surface area contributed by atoms with Crippen molar-refractivity contribution in [3.8, 4) is 11.5 Å². The summed E-state index contributed by atoms with van der Waals surface area (Å²) in [6, 6.07) is 13.7. The number of allylic oxidation sites excluding steroid dienone is 1. The third-order valence-corrected chi connectivity index (χ3v) is 9.36. The number of carbonyl (C=O) groups excluding carboxylic acids is 3. The number of sulfonamides is 1. The number of amides is 1. The second-order valence-corrected chi connectivity index (χ2v) is 12.7. The molecule has 0 bridgehead atoms. The molecule has 1 aliphatic heterocycles. The van der Waals surface area contributed by atoms with Crippen molar-refractivity contribution in [2.45, 2.75) is 37.7 Å². The summed E-state index contributed by atoms with van der Waals surface area (Å²) < 4.78 is 59.4. The Morgan fingerprint density at radius 2 is 1.80 bits per heavy atom. The largest absolute Gasteiger partial charge is 0.497 e. The Morgan fingerprint density at radius 1 is 1.07 bits per heavy atom. The molecule has 1 aliphatic carbocycles. The highest BCUT2D eigenvalue weighted by Crippen LogP contribution is 2.40. The second kappa shape index (κ2) is 11.7. The topological polar surface area (TPSA) is 116 Å². The lowest BCUT2D eigenvalue weighted by atomic mass is 9.78. The average molecular weight is 620 g/mol. The maximum absolute atomic E-state index is 14.3. The normalized spacial score (nSPS) is 16.9. The maximum Gasteiger partial charge on any atom is 0.315 e. The van der Waals surface area contributed by atoms with Gasteiger partial charge in [-0.25, -0.2) is 17.1 Å². The molecule has 44 heavy (non-hydrogen) atoms. The van der Waals surface area contributed by atoms with Crippen LogP contribution >= 0.6 is 0 Å². The summed E-state index contributed by atoms with van der Waals surface area (Å²) in [7, 11) is -2.08. The molecule has 0 saturated heterocycles. The number of aryl methyl sites for hydroxylation is 1. The first-order chi connectivity index (χ1) is 20.9. The highest BCUT2D eigenvalue weighted by molar-refractivity contribution is 7.89. The van der Waals surface area contributed by atoms with Crippen LogP contribution in [0.5, 0.6) is 11.5 Å². The van der Waals surface area contributed by atoms with Gasteiger partial charge in [-0.2, -0.15) is 0 Å². The van der Waals surface area contributed by atoms with Crippen LogP contribution in [0.25, 0.3) is 6.08 Å². The lowest BCUT2D eigenvalue weighted by Gasteiger charge is -2.37. The summed E-state index contributed by atoms with van der Waals surface area (Å²) in [6.45, 7) is 2.92. The van der Waals surface area contributed by atoms with Gasteiger partial charge in [0.05, 0.1) is 30.3 Å². The third kappa shape index (κ3) is 5.39. The molecule has 1 amide bonds. The van der Waals surface area contributed by atoms with Crippen molar-refractivity contribution in [1.82, 2.24) is 4.31 Å². The van der Waals surface area contributed by atoms with Crippen LogP contribution in [-0.2, 0) is 26.0 Å². The summed E-state index contributed by atoms with van der Waals surface area (Å²) in [5.74, 6) is -2.86. The molecule has 0 saturated carbocycles. The fourth-order valence-electron chi connectivity index (χ4n) is 5.28. The summed E-state index contributed by atoms with van der Waals surface area (Å²) in [5, 5.41) is 0. The van der Waals surface area contributed by atoms with E-state index in [4.69, 9.17) is 14.2 Å². The van der Waals surface area contributed by atoms with Gasteiger partial charge in [-0.1, -0.05) is 24.3 Å². The van der Waals surface area contributed by atoms with Crippen LogP contribution in [0.15, 0.2) is 83.4 Å². The van der Waals surface area contributed by atoms with Gasteiger partial charge in [0, 0.05) is 11.8 Å². The van der Waals surface area contributed by atoms with Crippen molar-refractivity contribution in [2.24, 2.45) is 5.41 Å². The number of esters is 1. The van der Waals surface area contributed by atoms with Gasteiger partial charge in [0.1, 0.15) is 28.8 Å². The Morgan fingerprint density at radius 3 is 2.48 bits per heavy atom. The molecule has 2 aliphatic rings. The zero-order valence-corrected chi connectivity index (χ0v) is 25.3. The second-order valence-electron chi connectivity index (χ2n) is 10.9. The first kappa shape index (κ1) is 30.7. The lowest BCUT2D eigenvalue weighted by Crippen LogP contribution is -2.47. The Balaban J connectivity index is 1.76. The minimum absolute atomic E-state index is 0.00585. The van der Waals surface area contributed by atoms with E-state index in [1.54, 1.807) is 12.1 Å². The summed E-state index contributed by atoms with van der Waals surface area (Å²) >= 11 is 0. The van der Waals surface area contributed by atoms with Crippen molar-refractivity contribution in [2.75, 3.05) is 14.2 Å². The molecule has 11 heteroatoms. The van der Waals surface area contributed by atoms with Crippen LogP contribution < -0.4 is 9.47 Å². The number of hydrogen-bond acceptors (Lipinski definition) is 8. The molecular formula is C33H30FNO8S. The molecule has 0 aromatic heterocycles. The van der Waals surface area contributed by atoms with E-state index in [1.807, 2.05) is 12.1 Å². The summed E-state index contributed by atoms with van der Waals surface area (Å²) in [6.07, 6.45) is 4.52. The van der Waals surface area contributed by atoms with E-state index in [2.05, 4.69) is 0 Å².